The summed E-state index contributed by atoms with van der Waals surface area (Å²) >= 11 is 0. The predicted octanol–water partition coefficient (Wildman–Crippen LogP) is 1.79. The Morgan fingerprint density at radius 3 is 3.26 bits per heavy atom. The lowest BCUT2D eigenvalue weighted by atomic mass is 10.2. The summed E-state index contributed by atoms with van der Waals surface area (Å²) in [6.07, 6.45) is 7.47. The molecule has 0 bridgehead atoms. The molecule has 0 atom stereocenters. The van der Waals surface area contributed by atoms with Crippen LogP contribution in [-0.4, -0.2) is 14.6 Å². The first-order valence-corrected chi connectivity index (χ1v) is 6.14. The largest absolute Gasteiger partial charge is 0.395 e. The van der Waals surface area contributed by atoms with E-state index in [-0.39, 0.29) is 0 Å². The lowest BCUT2D eigenvalue weighted by Gasteiger charge is -1.90. The van der Waals surface area contributed by atoms with Gasteiger partial charge < -0.3 is 4.42 Å². The lowest BCUT2D eigenvalue weighted by Crippen LogP contribution is -2.30. The number of hydrogen-bond donors (Lipinski definition) is 0. The van der Waals surface area contributed by atoms with E-state index in [1.807, 2.05) is 41.3 Å². The molecule has 90 valence electrons. The number of hydrogen-bond acceptors (Lipinski definition) is 3. The third-order valence-electron chi connectivity index (χ3n) is 3.69. The van der Waals surface area contributed by atoms with Gasteiger partial charge in [-0.15, -0.1) is 0 Å². The van der Waals surface area contributed by atoms with Gasteiger partial charge in [0.15, 0.2) is 6.54 Å². The molecule has 5 heterocycles. The summed E-state index contributed by atoms with van der Waals surface area (Å²) in [6.45, 7) is 0.830. The smallest absolute Gasteiger partial charge is 0.384 e. The zero-order valence-corrected chi connectivity index (χ0v) is 9.95. The first-order valence-electron chi connectivity index (χ1n) is 6.14. The second-order valence-corrected chi connectivity index (χ2v) is 4.72. The Kier molecular flexibility index (Phi) is 1.46. The zero-order chi connectivity index (χ0) is 12.4. The van der Waals surface area contributed by atoms with Gasteiger partial charge in [-0.05, 0) is 18.2 Å². The number of aromatic nitrogens is 4. The summed E-state index contributed by atoms with van der Waals surface area (Å²) in [5, 5.41) is 4.30. The van der Waals surface area contributed by atoms with E-state index in [4.69, 9.17) is 4.42 Å². The number of nitrogens with zero attached hydrogens (tertiary/aromatic N) is 4. The molecule has 0 N–H and O–H groups in total. The van der Waals surface area contributed by atoms with Crippen LogP contribution in [0.1, 0.15) is 5.56 Å². The van der Waals surface area contributed by atoms with E-state index in [1.165, 1.54) is 5.56 Å². The topological polar surface area (TPSA) is 47.2 Å². The van der Waals surface area contributed by atoms with Crippen LogP contribution in [0.5, 0.6) is 0 Å². The second-order valence-electron chi connectivity index (χ2n) is 4.72. The van der Waals surface area contributed by atoms with Gasteiger partial charge in [-0.2, -0.15) is 9.67 Å². The summed E-state index contributed by atoms with van der Waals surface area (Å²) in [6, 6.07) is 5.97. The van der Waals surface area contributed by atoms with E-state index in [0.29, 0.717) is 0 Å². The minimum Gasteiger partial charge on any atom is -0.395 e. The highest BCUT2D eigenvalue weighted by Crippen LogP contribution is 2.32. The summed E-state index contributed by atoms with van der Waals surface area (Å²) in [5.74, 6) is 0.888. The van der Waals surface area contributed by atoms with E-state index >= 15 is 0 Å². The van der Waals surface area contributed by atoms with Crippen LogP contribution in [0.3, 0.4) is 0 Å². The van der Waals surface area contributed by atoms with E-state index in [0.717, 1.165) is 34.6 Å². The van der Waals surface area contributed by atoms with Gasteiger partial charge in [0.2, 0.25) is 5.58 Å². The van der Waals surface area contributed by atoms with Crippen molar-refractivity contribution in [1.29, 1.82) is 0 Å². The van der Waals surface area contributed by atoms with Crippen LogP contribution >= 0.6 is 0 Å². The maximum absolute atomic E-state index is 6.05. The molecule has 0 fully saturated rings. The molecule has 0 aliphatic carbocycles. The van der Waals surface area contributed by atoms with E-state index in [1.54, 1.807) is 6.20 Å². The molecule has 5 rings (SSSR count). The van der Waals surface area contributed by atoms with Crippen molar-refractivity contribution in [2.45, 2.75) is 6.54 Å². The van der Waals surface area contributed by atoms with Crippen LogP contribution in [0.4, 0.5) is 0 Å². The Morgan fingerprint density at radius 2 is 2.26 bits per heavy atom. The average molecular weight is 249 g/mol. The molecule has 0 aromatic carbocycles. The predicted molar refractivity (Wildman–Crippen MR) is 67.5 cm³/mol. The summed E-state index contributed by atoms with van der Waals surface area (Å²) < 4.78 is 10.1. The fourth-order valence-corrected chi connectivity index (χ4v) is 2.81. The van der Waals surface area contributed by atoms with Crippen molar-refractivity contribution in [3.05, 3.63) is 48.5 Å². The molecule has 19 heavy (non-hydrogen) atoms. The van der Waals surface area contributed by atoms with E-state index in [9.17, 15) is 0 Å². The number of pyridine rings is 1. The molecule has 1 aliphatic heterocycles. The molecule has 0 saturated carbocycles. The third kappa shape index (κ3) is 1.03. The van der Waals surface area contributed by atoms with Crippen LogP contribution in [-0.2, 0) is 6.54 Å². The molecule has 5 nitrogen and oxygen atoms in total. The van der Waals surface area contributed by atoms with Crippen molar-refractivity contribution in [3.8, 4) is 11.5 Å². The van der Waals surface area contributed by atoms with Crippen molar-refractivity contribution < 1.29 is 8.98 Å². The van der Waals surface area contributed by atoms with Gasteiger partial charge in [0.1, 0.15) is 17.3 Å². The summed E-state index contributed by atoms with van der Waals surface area (Å²) in [5.41, 5.74) is 5.28. The Labute approximate surface area is 107 Å². The van der Waals surface area contributed by atoms with Crippen LogP contribution in [0, 0.1) is 0 Å². The Balaban J connectivity index is 1.93. The van der Waals surface area contributed by atoms with Gasteiger partial charge in [-0.25, -0.2) is 4.52 Å². The minimum absolute atomic E-state index is 0.830. The van der Waals surface area contributed by atoms with Crippen molar-refractivity contribution in [3.63, 3.8) is 0 Å². The molecule has 0 amide bonds. The Morgan fingerprint density at radius 1 is 1.26 bits per heavy atom. The van der Waals surface area contributed by atoms with Crippen molar-refractivity contribution in [2.24, 2.45) is 0 Å². The zero-order valence-electron chi connectivity index (χ0n) is 9.95. The molecule has 4 aromatic heterocycles. The van der Waals surface area contributed by atoms with Crippen LogP contribution in [0.15, 0.2) is 47.4 Å². The van der Waals surface area contributed by atoms with Gasteiger partial charge in [0, 0.05) is 24.2 Å². The molecule has 0 unspecified atom stereocenters. The molecular weight excluding hydrogens is 240 g/mol. The average Bonchev–Trinajstić information content (AvgIpc) is 3.07. The fourth-order valence-electron chi connectivity index (χ4n) is 2.81. The highest BCUT2D eigenvalue weighted by Gasteiger charge is 2.35. The van der Waals surface area contributed by atoms with Crippen LogP contribution < -0.4 is 4.57 Å². The standard InChI is InChI=1S/C14H9N4O/c1-2-11-13-12(8-18(11)16-4-1)17-7-9-3-5-15-6-10(9)14(17)19-13/h1-6,8H,7H2/q+1. The number of oxazole rings is 1. The summed E-state index contributed by atoms with van der Waals surface area (Å²) in [7, 11) is 0. The monoisotopic (exact) mass is 249 g/mol. The van der Waals surface area contributed by atoms with Gasteiger partial charge in [-0.1, -0.05) is 0 Å². The van der Waals surface area contributed by atoms with Gasteiger partial charge in [-0.3, -0.25) is 4.98 Å². The second kappa shape index (κ2) is 3.00. The molecule has 4 aromatic rings. The van der Waals surface area contributed by atoms with Gasteiger partial charge in [0.05, 0.1) is 0 Å². The van der Waals surface area contributed by atoms with Crippen LogP contribution in [0.25, 0.3) is 28.1 Å². The van der Waals surface area contributed by atoms with Crippen molar-refractivity contribution in [1.82, 2.24) is 14.6 Å². The first-order chi connectivity index (χ1) is 9.42. The molecule has 0 saturated heterocycles. The number of fused-ring (bicyclic) bond motifs is 7. The summed E-state index contributed by atoms with van der Waals surface area (Å²) in [4.78, 5) is 4.18. The van der Waals surface area contributed by atoms with Crippen molar-refractivity contribution >= 4 is 16.6 Å². The number of rotatable bonds is 0. The molecule has 1 aliphatic rings. The highest BCUT2D eigenvalue weighted by atomic mass is 16.4. The highest BCUT2D eigenvalue weighted by molar-refractivity contribution is 5.88. The van der Waals surface area contributed by atoms with Crippen LogP contribution in [0.2, 0.25) is 0 Å². The molecule has 0 spiro atoms. The quantitative estimate of drug-likeness (QED) is 0.393. The van der Waals surface area contributed by atoms with Crippen molar-refractivity contribution in [2.75, 3.05) is 0 Å². The van der Waals surface area contributed by atoms with E-state index < -0.39 is 0 Å². The lowest BCUT2D eigenvalue weighted by molar-refractivity contribution is -0.649. The van der Waals surface area contributed by atoms with Gasteiger partial charge in [0.25, 0.3) is 5.52 Å². The molecule has 5 heteroatoms. The molecule has 0 radical (unpaired) electrons. The SMILES string of the molecule is c1cnn2cc3c(oc4[n+]3Cc3ccncc3-4)c2c1. The third-order valence-corrected chi connectivity index (χ3v) is 3.69. The Bertz CT molecular complexity index is 951. The maximum Gasteiger partial charge on any atom is 0.384 e. The maximum atomic E-state index is 6.05. The molecular formula is C14H9N4O+. The Hall–Kier alpha value is -2.69. The minimum atomic E-state index is 0.830. The van der Waals surface area contributed by atoms with Gasteiger partial charge >= 0.3 is 5.89 Å². The van der Waals surface area contributed by atoms with E-state index in [2.05, 4.69) is 14.6 Å². The first kappa shape index (κ1) is 9.27. The normalized spacial score (nSPS) is 13.1. The fraction of sp³-hybridized carbons (Fsp3) is 0.0714.